The molecule has 0 spiro atoms. The molecule has 7 heteroatoms. The highest BCUT2D eigenvalue weighted by Crippen LogP contribution is 2.41. The number of rotatable bonds is 6. The number of carbonyl (C=O) groups excluding carboxylic acids is 1. The van der Waals surface area contributed by atoms with Gasteiger partial charge in [0.05, 0.1) is 18.2 Å². The summed E-state index contributed by atoms with van der Waals surface area (Å²) < 4.78 is 20.9. The number of carbonyl (C=O) groups is 2. The van der Waals surface area contributed by atoms with Crippen molar-refractivity contribution < 1.29 is 23.8 Å². The van der Waals surface area contributed by atoms with Gasteiger partial charge in [-0.15, -0.1) is 0 Å². The van der Waals surface area contributed by atoms with Gasteiger partial charge in [-0.05, 0) is 55.7 Å². The van der Waals surface area contributed by atoms with E-state index in [9.17, 15) is 19.1 Å². The van der Waals surface area contributed by atoms with Crippen LogP contribution in [0.3, 0.4) is 0 Å². The minimum atomic E-state index is -0.979. The highest BCUT2D eigenvalue weighted by Gasteiger charge is 2.39. The molecule has 2 heterocycles. The number of imidazole rings is 1. The summed E-state index contributed by atoms with van der Waals surface area (Å²) in [6.07, 6.45) is 1.99. The Balaban J connectivity index is 1.72. The van der Waals surface area contributed by atoms with Gasteiger partial charge in [0.25, 0.3) is 0 Å². The third kappa shape index (κ3) is 3.26. The number of benzene rings is 1. The van der Waals surface area contributed by atoms with Gasteiger partial charge in [0.15, 0.2) is 17.2 Å². The number of halogens is 1. The van der Waals surface area contributed by atoms with E-state index in [-0.39, 0.29) is 18.6 Å². The second-order valence-corrected chi connectivity index (χ2v) is 7.27. The average Bonchev–Trinajstić information content (AvgIpc) is 3.19. The Bertz CT molecular complexity index is 1120. The first-order valence-electron chi connectivity index (χ1n) is 9.55. The highest BCUT2D eigenvalue weighted by molar-refractivity contribution is 5.97. The van der Waals surface area contributed by atoms with Gasteiger partial charge in [-0.3, -0.25) is 14.0 Å². The molecule has 1 aliphatic rings. The summed E-state index contributed by atoms with van der Waals surface area (Å²) >= 11 is 0. The molecular formula is C22H21FN2O4. The molecule has 4 rings (SSSR count). The van der Waals surface area contributed by atoms with Crippen LogP contribution in [0, 0.1) is 18.7 Å². The average molecular weight is 396 g/mol. The van der Waals surface area contributed by atoms with Crippen LogP contribution in [0.1, 0.15) is 46.6 Å². The van der Waals surface area contributed by atoms with Gasteiger partial charge in [-0.1, -0.05) is 6.07 Å². The van der Waals surface area contributed by atoms with Crippen LogP contribution in [0.4, 0.5) is 4.39 Å². The number of aliphatic carboxylic acids is 1. The number of ketones is 1. The van der Waals surface area contributed by atoms with Crippen LogP contribution in [0.2, 0.25) is 0 Å². The molecule has 0 unspecified atom stereocenters. The van der Waals surface area contributed by atoms with Crippen molar-refractivity contribution in [3.8, 4) is 5.75 Å². The van der Waals surface area contributed by atoms with E-state index in [1.54, 1.807) is 35.7 Å². The summed E-state index contributed by atoms with van der Waals surface area (Å²) in [6, 6.07) is 7.85. The second-order valence-electron chi connectivity index (χ2n) is 7.27. The van der Waals surface area contributed by atoms with Crippen molar-refractivity contribution in [3.63, 3.8) is 0 Å². The van der Waals surface area contributed by atoms with E-state index < -0.39 is 23.6 Å². The Morgan fingerprint density at radius 1 is 1.34 bits per heavy atom. The largest absolute Gasteiger partial charge is 0.490 e. The van der Waals surface area contributed by atoms with Gasteiger partial charge in [0.2, 0.25) is 0 Å². The zero-order valence-corrected chi connectivity index (χ0v) is 16.2. The Morgan fingerprint density at radius 2 is 2.14 bits per heavy atom. The molecule has 0 fully saturated rings. The summed E-state index contributed by atoms with van der Waals surface area (Å²) in [5.74, 6) is -2.25. The maximum absolute atomic E-state index is 13.6. The van der Waals surface area contributed by atoms with Crippen molar-refractivity contribution >= 4 is 17.4 Å². The highest BCUT2D eigenvalue weighted by atomic mass is 19.1. The van der Waals surface area contributed by atoms with Crippen LogP contribution in [0.15, 0.2) is 36.5 Å². The van der Waals surface area contributed by atoms with Crippen LogP contribution >= 0.6 is 0 Å². The number of hydrogen-bond donors (Lipinski definition) is 1. The van der Waals surface area contributed by atoms with Gasteiger partial charge < -0.3 is 9.84 Å². The Labute approximate surface area is 167 Å². The van der Waals surface area contributed by atoms with E-state index >= 15 is 0 Å². The molecule has 1 aliphatic carbocycles. The zero-order chi connectivity index (χ0) is 20.7. The third-order valence-corrected chi connectivity index (χ3v) is 5.51. The number of nitrogens with zero attached hydrogens (tertiary/aromatic N) is 2. The van der Waals surface area contributed by atoms with E-state index in [1.807, 2.05) is 6.92 Å². The second kappa shape index (κ2) is 7.31. The minimum Gasteiger partial charge on any atom is -0.490 e. The van der Waals surface area contributed by atoms with Crippen LogP contribution < -0.4 is 4.74 Å². The first-order chi connectivity index (χ1) is 13.9. The topological polar surface area (TPSA) is 80.9 Å². The fraction of sp³-hybridized carbons (Fsp3) is 0.318. The van der Waals surface area contributed by atoms with Crippen LogP contribution in [-0.4, -0.2) is 32.9 Å². The number of aromatic nitrogens is 2. The number of carboxylic acids is 1. The van der Waals surface area contributed by atoms with Gasteiger partial charge in [0.1, 0.15) is 11.5 Å². The Kier molecular flexibility index (Phi) is 4.82. The Hall–Kier alpha value is -3.22. The molecule has 150 valence electrons. The van der Waals surface area contributed by atoms with Gasteiger partial charge in [0, 0.05) is 18.5 Å². The molecule has 6 nitrogen and oxygen atoms in total. The summed E-state index contributed by atoms with van der Waals surface area (Å²) in [5, 5.41) is 9.65. The van der Waals surface area contributed by atoms with Gasteiger partial charge in [-0.25, -0.2) is 9.37 Å². The van der Waals surface area contributed by atoms with Crippen molar-refractivity contribution in [2.24, 2.45) is 5.92 Å². The van der Waals surface area contributed by atoms with Crippen molar-refractivity contribution in [1.82, 2.24) is 9.38 Å². The molecule has 0 saturated heterocycles. The van der Waals surface area contributed by atoms with Gasteiger partial charge in [-0.2, -0.15) is 0 Å². The molecule has 0 radical (unpaired) electrons. The SMILES string of the molecule is CCOc1cccn2c(C(=O)C[C@@H]3c4ccc(F)cc4C[C@H]3C(=O)O)c(C)nc12. The number of ether oxygens (including phenoxy) is 1. The number of fused-ring (bicyclic) bond motifs is 2. The summed E-state index contributed by atoms with van der Waals surface area (Å²) in [6.45, 7) is 4.10. The van der Waals surface area contributed by atoms with E-state index in [2.05, 4.69) is 4.98 Å². The minimum absolute atomic E-state index is 0.0170. The maximum Gasteiger partial charge on any atom is 0.307 e. The lowest BCUT2D eigenvalue weighted by atomic mass is 9.87. The number of hydrogen-bond acceptors (Lipinski definition) is 4. The normalized spacial score (nSPS) is 18.0. The number of aryl methyl sites for hydroxylation is 1. The number of pyridine rings is 1. The van der Waals surface area contributed by atoms with E-state index in [0.717, 1.165) is 5.56 Å². The monoisotopic (exact) mass is 396 g/mol. The molecule has 2 atom stereocenters. The summed E-state index contributed by atoms with van der Waals surface area (Å²) in [5.41, 5.74) is 2.92. The molecular weight excluding hydrogens is 375 g/mol. The standard InChI is InChI=1S/C22H21FN2O4/c1-3-29-19-5-4-8-25-20(12(2)24-21(19)25)18(26)11-16-15-7-6-14(23)9-13(15)10-17(16)22(27)28/h4-9,16-17H,3,10-11H2,1-2H3,(H,27,28)/t16-,17-/m1/s1. The summed E-state index contributed by atoms with van der Waals surface area (Å²) in [4.78, 5) is 29.5. The molecule has 2 aromatic heterocycles. The molecule has 0 amide bonds. The van der Waals surface area contributed by atoms with Crippen LogP contribution in [0.5, 0.6) is 5.75 Å². The first-order valence-corrected chi connectivity index (χ1v) is 9.55. The zero-order valence-electron chi connectivity index (χ0n) is 16.2. The fourth-order valence-electron chi connectivity index (χ4n) is 4.28. The molecule has 0 bridgehead atoms. The lowest BCUT2D eigenvalue weighted by Gasteiger charge is -2.16. The quantitative estimate of drug-likeness (QED) is 0.641. The molecule has 1 N–H and O–H groups in total. The predicted molar refractivity (Wildman–Crippen MR) is 104 cm³/mol. The lowest BCUT2D eigenvalue weighted by Crippen LogP contribution is -2.21. The fourth-order valence-corrected chi connectivity index (χ4v) is 4.28. The molecule has 0 saturated carbocycles. The van der Waals surface area contributed by atoms with Crippen molar-refractivity contribution in [1.29, 1.82) is 0 Å². The maximum atomic E-state index is 13.6. The molecule has 0 aliphatic heterocycles. The third-order valence-electron chi connectivity index (χ3n) is 5.51. The number of carboxylic acid groups (broad SMARTS) is 1. The molecule has 29 heavy (non-hydrogen) atoms. The summed E-state index contributed by atoms with van der Waals surface area (Å²) in [7, 11) is 0. The van der Waals surface area contributed by atoms with Crippen LogP contribution in [-0.2, 0) is 11.2 Å². The molecule has 1 aromatic carbocycles. The van der Waals surface area contributed by atoms with Crippen molar-refractivity contribution in [2.75, 3.05) is 6.61 Å². The Morgan fingerprint density at radius 3 is 2.86 bits per heavy atom. The first kappa shape index (κ1) is 19.1. The predicted octanol–water partition coefficient (Wildman–Crippen LogP) is 3.79. The van der Waals surface area contributed by atoms with Crippen molar-refractivity contribution in [3.05, 3.63) is 64.9 Å². The van der Waals surface area contributed by atoms with Crippen molar-refractivity contribution in [2.45, 2.75) is 32.6 Å². The smallest absolute Gasteiger partial charge is 0.307 e. The van der Waals surface area contributed by atoms with Gasteiger partial charge >= 0.3 is 5.97 Å². The van der Waals surface area contributed by atoms with E-state index in [0.29, 0.717) is 35.0 Å². The van der Waals surface area contributed by atoms with Crippen LogP contribution in [0.25, 0.3) is 5.65 Å². The number of Topliss-reactive ketones (excluding diaryl/α,β-unsaturated/α-hetero) is 1. The lowest BCUT2D eigenvalue weighted by molar-refractivity contribution is -0.142. The molecule has 3 aromatic rings. The van der Waals surface area contributed by atoms with E-state index in [4.69, 9.17) is 4.74 Å². The van der Waals surface area contributed by atoms with E-state index in [1.165, 1.54) is 12.1 Å².